The molecular weight excluding hydrogens is 338 g/mol. The smallest absolute Gasteiger partial charge is 0.255 e. The van der Waals surface area contributed by atoms with Crippen LogP contribution in [-0.4, -0.2) is 19.1 Å². The first-order valence-electron chi connectivity index (χ1n) is 9.45. The van der Waals surface area contributed by atoms with Gasteiger partial charge in [0.25, 0.3) is 5.91 Å². The molecule has 1 aliphatic rings. The molecule has 1 aliphatic carbocycles. The van der Waals surface area contributed by atoms with Crippen LogP contribution in [0.1, 0.15) is 35.3 Å². The summed E-state index contributed by atoms with van der Waals surface area (Å²) in [6.45, 7) is 4.90. The fraction of sp³-hybridized carbons (Fsp3) is 0.261. The summed E-state index contributed by atoms with van der Waals surface area (Å²) >= 11 is 0. The first kappa shape index (κ1) is 17.4. The Balaban J connectivity index is 1.65. The van der Waals surface area contributed by atoms with Gasteiger partial charge in [0.2, 0.25) is 0 Å². The van der Waals surface area contributed by atoms with Crippen molar-refractivity contribution in [3.63, 3.8) is 0 Å². The third-order valence-corrected chi connectivity index (χ3v) is 4.93. The normalized spacial score (nSPS) is 12.2. The van der Waals surface area contributed by atoms with Gasteiger partial charge < -0.3 is 14.8 Å². The van der Waals surface area contributed by atoms with Crippen molar-refractivity contribution in [1.29, 1.82) is 0 Å². The van der Waals surface area contributed by atoms with Gasteiger partial charge in [-0.2, -0.15) is 0 Å². The Bertz CT molecular complexity index is 1000. The zero-order valence-corrected chi connectivity index (χ0v) is 15.7. The van der Waals surface area contributed by atoms with Gasteiger partial charge in [0.1, 0.15) is 0 Å². The van der Waals surface area contributed by atoms with Crippen LogP contribution in [0.2, 0.25) is 0 Å². The van der Waals surface area contributed by atoms with Gasteiger partial charge >= 0.3 is 0 Å². The number of hydrogen-bond acceptors (Lipinski definition) is 3. The van der Waals surface area contributed by atoms with E-state index >= 15 is 0 Å². The fourth-order valence-electron chi connectivity index (χ4n) is 3.74. The molecule has 4 nitrogen and oxygen atoms in total. The lowest BCUT2D eigenvalue weighted by molar-refractivity contribution is 0.102. The van der Waals surface area contributed by atoms with Crippen LogP contribution in [0.4, 0.5) is 5.69 Å². The number of aryl methyl sites for hydroxylation is 2. The molecule has 4 rings (SSSR count). The van der Waals surface area contributed by atoms with E-state index in [-0.39, 0.29) is 5.91 Å². The third kappa shape index (κ3) is 3.23. The SMILES string of the molecule is CCOc1ccc(C(=O)Nc2ccc3c4c(cccc24)CC3)cc1OCC. The number of benzene rings is 3. The summed E-state index contributed by atoms with van der Waals surface area (Å²) < 4.78 is 11.2. The molecule has 0 atom stereocenters. The van der Waals surface area contributed by atoms with Crippen molar-refractivity contribution >= 4 is 22.4 Å². The zero-order valence-electron chi connectivity index (χ0n) is 15.7. The van der Waals surface area contributed by atoms with E-state index in [9.17, 15) is 4.79 Å². The van der Waals surface area contributed by atoms with Gasteiger partial charge in [0.05, 0.1) is 13.2 Å². The predicted octanol–water partition coefficient (Wildman–Crippen LogP) is 4.99. The molecule has 1 amide bonds. The summed E-state index contributed by atoms with van der Waals surface area (Å²) in [7, 11) is 0. The van der Waals surface area contributed by atoms with Gasteiger partial charge in [0, 0.05) is 16.6 Å². The lowest BCUT2D eigenvalue weighted by Crippen LogP contribution is -2.13. The molecule has 0 saturated carbocycles. The molecule has 3 aromatic carbocycles. The Morgan fingerprint density at radius 2 is 1.67 bits per heavy atom. The van der Waals surface area contributed by atoms with Crippen molar-refractivity contribution < 1.29 is 14.3 Å². The molecule has 0 spiro atoms. The van der Waals surface area contributed by atoms with E-state index in [0.29, 0.717) is 30.3 Å². The standard InChI is InChI=1S/C23H23NO3/c1-3-26-20-13-11-17(14-21(20)27-4-2)23(25)24-19-12-10-16-9-8-15-6-5-7-18(19)22(15)16/h5-7,10-14H,3-4,8-9H2,1-2H3,(H,24,25). The van der Waals surface area contributed by atoms with Crippen molar-refractivity contribution in [3.05, 3.63) is 65.2 Å². The first-order valence-corrected chi connectivity index (χ1v) is 9.45. The minimum Gasteiger partial charge on any atom is -0.490 e. The topological polar surface area (TPSA) is 47.6 Å². The second-order valence-corrected chi connectivity index (χ2v) is 6.59. The van der Waals surface area contributed by atoms with Crippen molar-refractivity contribution in [2.75, 3.05) is 18.5 Å². The Morgan fingerprint density at radius 3 is 2.44 bits per heavy atom. The largest absolute Gasteiger partial charge is 0.490 e. The highest BCUT2D eigenvalue weighted by molar-refractivity contribution is 6.10. The summed E-state index contributed by atoms with van der Waals surface area (Å²) in [5.74, 6) is 1.09. The van der Waals surface area contributed by atoms with Crippen LogP contribution >= 0.6 is 0 Å². The Kier molecular flexibility index (Phi) is 4.71. The number of nitrogens with one attached hydrogen (secondary N) is 1. The van der Waals surface area contributed by atoms with Crippen LogP contribution in [0.25, 0.3) is 10.8 Å². The summed E-state index contributed by atoms with van der Waals surface area (Å²) in [6, 6.07) is 15.7. The third-order valence-electron chi connectivity index (χ3n) is 4.93. The van der Waals surface area contributed by atoms with Crippen molar-refractivity contribution in [3.8, 4) is 11.5 Å². The minimum absolute atomic E-state index is 0.155. The number of anilines is 1. The Labute approximate surface area is 159 Å². The Morgan fingerprint density at radius 1 is 0.926 bits per heavy atom. The maximum Gasteiger partial charge on any atom is 0.255 e. The van der Waals surface area contributed by atoms with Gasteiger partial charge in [-0.3, -0.25) is 4.79 Å². The molecule has 138 valence electrons. The number of carbonyl (C=O) groups excluding carboxylic acids is 1. The highest BCUT2D eigenvalue weighted by Gasteiger charge is 2.18. The average Bonchev–Trinajstić information content (AvgIpc) is 3.10. The number of rotatable bonds is 6. The second kappa shape index (κ2) is 7.31. The molecule has 0 unspecified atom stereocenters. The molecule has 0 aromatic heterocycles. The molecule has 0 fully saturated rings. The first-order chi connectivity index (χ1) is 13.2. The van der Waals surface area contributed by atoms with Crippen LogP contribution in [0.15, 0.2) is 48.5 Å². The summed E-state index contributed by atoms with van der Waals surface area (Å²) in [5.41, 5.74) is 4.11. The fourth-order valence-corrected chi connectivity index (χ4v) is 3.74. The molecule has 0 saturated heterocycles. The summed E-state index contributed by atoms with van der Waals surface area (Å²) in [4.78, 5) is 12.9. The maximum absolute atomic E-state index is 12.9. The van der Waals surface area contributed by atoms with E-state index in [1.807, 2.05) is 19.9 Å². The van der Waals surface area contributed by atoms with Gasteiger partial charge in [-0.15, -0.1) is 0 Å². The summed E-state index contributed by atoms with van der Waals surface area (Å²) in [5, 5.41) is 5.46. The van der Waals surface area contributed by atoms with E-state index < -0.39 is 0 Å². The maximum atomic E-state index is 12.9. The number of carbonyl (C=O) groups is 1. The molecule has 0 radical (unpaired) electrons. The quantitative estimate of drug-likeness (QED) is 0.673. The lowest BCUT2D eigenvalue weighted by atomic mass is 10.0. The average molecular weight is 361 g/mol. The number of amides is 1. The van der Waals surface area contributed by atoms with E-state index in [0.717, 1.165) is 23.9 Å². The molecule has 0 heterocycles. The zero-order chi connectivity index (χ0) is 18.8. The highest BCUT2D eigenvalue weighted by Crippen LogP contribution is 2.35. The second-order valence-electron chi connectivity index (χ2n) is 6.59. The van der Waals surface area contributed by atoms with Crippen molar-refractivity contribution in [2.45, 2.75) is 26.7 Å². The lowest BCUT2D eigenvalue weighted by Gasteiger charge is -2.13. The van der Waals surface area contributed by atoms with Gasteiger partial charge in [-0.25, -0.2) is 0 Å². The molecule has 1 N–H and O–H groups in total. The van der Waals surface area contributed by atoms with E-state index in [2.05, 4.69) is 29.6 Å². The van der Waals surface area contributed by atoms with Gasteiger partial charge in [-0.05, 0) is 67.5 Å². The molecule has 4 heteroatoms. The van der Waals surface area contributed by atoms with E-state index in [1.54, 1.807) is 18.2 Å². The van der Waals surface area contributed by atoms with Crippen LogP contribution in [0, 0.1) is 0 Å². The van der Waals surface area contributed by atoms with Crippen LogP contribution in [0.5, 0.6) is 11.5 Å². The predicted molar refractivity (Wildman–Crippen MR) is 108 cm³/mol. The van der Waals surface area contributed by atoms with Crippen molar-refractivity contribution in [1.82, 2.24) is 0 Å². The molecule has 0 aliphatic heterocycles. The molecule has 3 aromatic rings. The van der Waals surface area contributed by atoms with Gasteiger partial charge in [-0.1, -0.05) is 24.3 Å². The highest BCUT2D eigenvalue weighted by atomic mass is 16.5. The van der Waals surface area contributed by atoms with Crippen LogP contribution < -0.4 is 14.8 Å². The minimum atomic E-state index is -0.155. The van der Waals surface area contributed by atoms with E-state index in [1.165, 1.54) is 16.5 Å². The number of ether oxygens (including phenoxy) is 2. The van der Waals surface area contributed by atoms with Gasteiger partial charge in [0.15, 0.2) is 11.5 Å². The Hall–Kier alpha value is -3.01. The van der Waals surface area contributed by atoms with E-state index in [4.69, 9.17) is 9.47 Å². The molecular formula is C23H23NO3. The molecule has 27 heavy (non-hydrogen) atoms. The van der Waals surface area contributed by atoms with Crippen LogP contribution in [-0.2, 0) is 12.8 Å². The van der Waals surface area contributed by atoms with Crippen LogP contribution in [0.3, 0.4) is 0 Å². The number of hydrogen-bond donors (Lipinski definition) is 1. The molecule has 0 bridgehead atoms. The monoisotopic (exact) mass is 361 g/mol. The van der Waals surface area contributed by atoms with Crippen molar-refractivity contribution in [2.24, 2.45) is 0 Å². The summed E-state index contributed by atoms with van der Waals surface area (Å²) in [6.07, 6.45) is 2.14.